The summed E-state index contributed by atoms with van der Waals surface area (Å²) in [4.78, 5) is 4.25. The van der Waals surface area contributed by atoms with Crippen LogP contribution < -0.4 is 10.5 Å². The van der Waals surface area contributed by atoms with Crippen molar-refractivity contribution in [3.8, 4) is 5.75 Å². The van der Waals surface area contributed by atoms with E-state index in [0.717, 1.165) is 22.1 Å². The summed E-state index contributed by atoms with van der Waals surface area (Å²) in [6.07, 6.45) is 1.75. The average Bonchev–Trinajstić information content (AvgIpc) is 2.38. The van der Waals surface area contributed by atoms with Crippen LogP contribution in [-0.2, 0) is 5.75 Å². The predicted octanol–water partition coefficient (Wildman–Crippen LogP) is 2.96. The third kappa shape index (κ3) is 2.91. The third-order valence-corrected chi connectivity index (χ3v) is 3.43. The van der Waals surface area contributed by atoms with Gasteiger partial charge in [-0.1, -0.05) is 30.0 Å². The van der Waals surface area contributed by atoms with Crippen LogP contribution in [0.1, 0.15) is 5.56 Å². The maximum Gasteiger partial charge on any atom is 0.122 e. The Kier molecular flexibility index (Phi) is 3.88. The van der Waals surface area contributed by atoms with Crippen molar-refractivity contribution in [3.63, 3.8) is 0 Å². The Morgan fingerprint density at radius 1 is 1.24 bits per heavy atom. The molecule has 1 aromatic carbocycles. The molecule has 88 valence electrons. The maximum absolute atomic E-state index is 5.84. The zero-order chi connectivity index (χ0) is 12.1. The number of anilines is 1. The first-order valence-electron chi connectivity index (χ1n) is 5.26. The van der Waals surface area contributed by atoms with Crippen LogP contribution >= 0.6 is 11.8 Å². The number of pyridine rings is 1. The molecule has 3 nitrogen and oxygen atoms in total. The van der Waals surface area contributed by atoms with Crippen LogP contribution in [0.15, 0.2) is 47.6 Å². The largest absolute Gasteiger partial charge is 0.496 e. The molecule has 0 aliphatic heterocycles. The minimum atomic E-state index is 0.715. The van der Waals surface area contributed by atoms with Crippen LogP contribution in [0.4, 0.5) is 5.69 Å². The number of ether oxygens (including phenoxy) is 1. The van der Waals surface area contributed by atoms with Gasteiger partial charge in [0, 0.05) is 17.5 Å². The highest BCUT2D eigenvalue weighted by atomic mass is 32.2. The van der Waals surface area contributed by atoms with Gasteiger partial charge in [0.05, 0.1) is 12.8 Å². The number of thioether (sulfide) groups is 1. The Morgan fingerprint density at radius 3 is 2.82 bits per heavy atom. The number of nitrogen functional groups attached to an aromatic ring is 1. The lowest BCUT2D eigenvalue weighted by molar-refractivity contribution is 0.411. The Bertz CT molecular complexity index is 502. The zero-order valence-corrected chi connectivity index (χ0v) is 10.4. The molecule has 1 heterocycles. The Balaban J connectivity index is 2.10. The Morgan fingerprint density at radius 2 is 2.06 bits per heavy atom. The first-order chi connectivity index (χ1) is 8.31. The van der Waals surface area contributed by atoms with Crippen LogP contribution in [0.2, 0.25) is 0 Å². The first-order valence-corrected chi connectivity index (χ1v) is 6.25. The van der Waals surface area contributed by atoms with Gasteiger partial charge in [-0.25, -0.2) is 4.98 Å². The van der Waals surface area contributed by atoms with E-state index >= 15 is 0 Å². The van der Waals surface area contributed by atoms with Gasteiger partial charge in [0.1, 0.15) is 10.8 Å². The normalized spacial score (nSPS) is 10.2. The molecule has 2 rings (SSSR count). The Labute approximate surface area is 105 Å². The van der Waals surface area contributed by atoms with E-state index in [2.05, 4.69) is 4.98 Å². The zero-order valence-electron chi connectivity index (χ0n) is 9.59. The molecule has 0 bridgehead atoms. The molecule has 0 unspecified atom stereocenters. The fourth-order valence-corrected chi connectivity index (χ4v) is 2.39. The van der Waals surface area contributed by atoms with Crippen molar-refractivity contribution in [2.75, 3.05) is 12.8 Å². The number of nitrogens with zero attached hydrogens (tertiary/aromatic N) is 1. The molecule has 0 fully saturated rings. The van der Waals surface area contributed by atoms with Gasteiger partial charge in [-0.2, -0.15) is 0 Å². The summed E-state index contributed by atoms with van der Waals surface area (Å²) in [5, 5.41) is 0.860. The first kappa shape index (κ1) is 11.8. The molecule has 0 saturated carbocycles. The summed E-state index contributed by atoms with van der Waals surface area (Å²) in [5.41, 5.74) is 7.70. The van der Waals surface area contributed by atoms with Crippen molar-refractivity contribution < 1.29 is 4.74 Å². The average molecular weight is 246 g/mol. The second-order valence-corrected chi connectivity index (χ2v) is 4.46. The van der Waals surface area contributed by atoms with Crippen LogP contribution in [0.5, 0.6) is 5.75 Å². The molecule has 0 aliphatic rings. The molecule has 0 spiro atoms. The molecule has 17 heavy (non-hydrogen) atoms. The van der Waals surface area contributed by atoms with E-state index in [1.54, 1.807) is 25.1 Å². The third-order valence-electron chi connectivity index (χ3n) is 2.36. The fourth-order valence-electron chi connectivity index (χ4n) is 1.49. The maximum atomic E-state index is 5.84. The number of nitrogens with two attached hydrogens (primary N) is 1. The molecule has 0 radical (unpaired) electrons. The highest BCUT2D eigenvalue weighted by Gasteiger charge is 2.05. The SMILES string of the molecule is COc1ccccc1CSc1ncccc1N. The minimum absolute atomic E-state index is 0.715. The molecule has 4 heteroatoms. The van der Waals surface area contributed by atoms with E-state index in [1.165, 1.54) is 0 Å². The Hall–Kier alpha value is -1.68. The van der Waals surface area contributed by atoms with E-state index in [4.69, 9.17) is 10.5 Å². The number of rotatable bonds is 4. The number of aromatic nitrogens is 1. The quantitative estimate of drug-likeness (QED) is 0.843. The van der Waals surface area contributed by atoms with Gasteiger partial charge in [0.2, 0.25) is 0 Å². The topological polar surface area (TPSA) is 48.1 Å². The molecule has 0 amide bonds. The van der Waals surface area contributed by atoms with E-state index < -0.39 is 0 Å². The lowest BCUT2D eigenvalue weighted by Gasteiger charge is -2.08. The summed E-state index contributed by atoms with van der Waals surface area (Å²) < 4.78 is 5.30. The lowest BCUT2D eigenvalue weighted by Crippen LogP contribution is -1.93. The highest BCUT2D eigenvalue weighted by molar-refractivity contribution is 7.98. The van der Waals surface area contributed by atoms with Crippen LogP contribution in [0.25, 0.3) is 0 Å². The number of hydrogen-bond acceptors (Lipinski definition) is 4. The monoisotopic (exact) mass is 246 g/mol. The van der Waals surface area contributed by atoms with E-state index in [0.29, 0.717) is 5.69 Å². The van der Waals surface area contributed by atoms with Crippen molar-refractivity contribution in [3.05, 3.63) is 48.2 Å². The smallest absolute Gasteiger partial charge is 0.122 e. The van der Waals surface area contributed by atoms with Gasteiger partial charge in [-0.15, -0.1) is 0 Å². The van der Waals surface area contributed by atoms with E-state index in [-0.39, 0.29) is 0 Å². The summed E-state index contributed by atoms with van der Waals surface area (Å²) in [6, 6.07) is 11.7. The molecule has 2 aromatic rings. The van der Waals surface area contributed by atoms with Gasteiger partial charge >= 0.3 is 0 Å². The van der Waals surface area contributed by atoms with Crippen molar-refractivity contribution in [1.82, 2.24) is 4.98 Å². The number of hydrogen-bond donors (Lipinski definition) is 1. The molecule has 2 N–H and O–H groups in total. The van der Waals surface area contributed by atoms with Crippen molar-refractivity contribution in [2.45, 2.75) is 10.8 Å². The second-order valence-electron chi connectivity index (χ2n) is 3.50. The number of para-hydroxylation sites is 1. The molecule has 0 atom stereocenters. The van der Waals surface area contributed by atoms with E-state index in [9.17, 15) is 0 Å². The summed E-state index contributed by atoms with van der Waals surface area (Å²) in [5.74, 6) is 1.69. The number of benzene rings is 1. The van der Waals surface area contributed by atoms with Crippen molar-refractivity contribution >= 4 is 17.4 Å². The van der Waals surface area contributed by atoms with Crippen molar-refractivity contribution in [2.24, 2.45) is 0 Å². The number of methoxy groups -OCH3 is 1. The van der Waals surface area contributed by atoms with E-state index in [1.807, 2.05) is 36.4 Å². The molecular formula is C13H14N2OS. The van der Waals surface area contributed by atoms with Gasteiger partial charge in [0.15, 0.2) is 0 Å². The van der Waals surface area contributed by atoms with Crippen LogP contribution in [0, 0.1) is 0 Å². The predicted molar refractivity (Wildman–Crippen MR) is 71.2 cm³/mol. The van der Waals surface area contributed by atoms with Gasteiger partial charge in [-0.3, -0.25) is 0 Å². The molecular weight excluding hydrogens is 232 g/mol. The van der Waals surface area contributed by atoms with Crippen LogP contribution in [0.3, 0.4) is 0 Å². The van der Waals surface area contributed by atoms with Gasteiger partial charge in [0.25, 0.3) is 0 Å². The molecule has 1 aromatic heterocycles. The summed E-state index contributed by atoms with van der Waals surface area (Å²) in [7, 11) is 1.68. The summed E-state index contributed by atoms with van der Waals surface area (Å²) in [6.45, 7) is 0. The van der Waals surface area contributed by atoms with Crippen LogP contribution in [-0.4, -0.2) is 12.1 Å². The summed E-state index contributed by atoms with van der Waals surface area (Å²) >= 11 is 1.61. The second kappa shape index (κ2) is 5.59. The highest BCUT2D eigenvalue weighted by Crippen LogP contribution is 2.29. The molecule has 0 saturated heterocycles. The van der Waals surface area contributed by atoms with Gasteiger partial charge < -0.3 is 10.5 Å². The minimum Gasteiger partial charge on any atom is -0.496 e. The standard InChI is InChI=1S/C13H14N2OS/c1-16-12-7-3-2-5-10(12)9-17-13-11(14)6-4-8-15-13/h2-8H,9,14H2,1H3. The fraction of sp³-hybridized carbons (Fsp3) is 0.154. The lowest BCUT2D eigenvalue weighted by atomic mass is 10.2. The van der Waals surface area contributed by atoms with Gasteiger partial charge in [-0.05, 0) is 18.2 Å². The molecule has 0 aliphatic carbocycles. The van der Waals surface area contributed by atoms with Crippen molar-refractivity contribution in [1.29, 1.82) is 0 Å².